The second kappa shape index (κ2) is 8.90. The number of likely N-dealkylation sites (tertiary alicyclic amines) is 1. The quantitative estimate of drug-likeness (QED) is 0.788. The number of carbonyl (C=O) groups is 1. The van der Waals surface area contributed by atoms with Gasteiger partial charge in [-0.05, 0) is 40.2 Å². The molecule has 2 aliphatic rings. The maximum absolute atomic E-state index is 12.4. The molecule has 0 spiro atoms. The topological polar surface area (TPSA) is 51.7 Å². The monoisotopic (exact) mass is 421 g/mol. The Bertz CT molecular complexity index is 682. The van der Waals surface area contributed by atoms with Crippen LogP contribution in [-0.2, 0) is 11.3 Å². The zero-order chi connectivity index (χ0) is 21.2. The van der Waals surface area contributed by atoms with Crippen molar-refractivity contribution in [2.75, 3.05) is 44.6 Å². The van der Waals surface area contributed by atoms with E-state index in [0.717, 1.165) is 50.1 Å². The smallest absolute Gasteiger partial charge is 0.228 e. The number of anilines is 1. The summed E-state index contributed by atoms with van der Waals surface area (Å²) in [5.41, 5.74) is 1.07. The molecule has 3 heterocycles. The number of rotatable bonds is 5. The lowest BCUT2D eigenvalue weighted by Gasteiger charge is -2.37. The van der Waals surface area contributed by atoms with Crippen LogP contribution in [0.4, 0.5) is 5.13 Å². The predicted octanol–water partition coefficient (Wildman–Crippen LogP) is 3.51. The van der Waals surface area contributed by atoms with Crippen molar-refractivity contribution in [1.29, 1.82) is 0 Å². The fourth-order valence-corrected chi connectivity index (χ4v) is 5.12. The van der Waals surface area contributed by atoms with E-state index in [1.807, 2.05) is 25.7 Å². The average Bonchev–Trinajstić information content (AvgIpc) is 3.28. The van der Waals surface area contributed by atoms with E-state index in [4.69, 9.17) is 4.98 Å². The number of hydrogen-bond donors (Lipinski definition) is 1. The second-order valence-electron chi connectivity index (χ2n) is 10.5. The third kappa shape index (κ3) is 5.92. The van der Waals surface area contributed by atoms with Crippen LogP contribution in [0.15, 0.2) is 5.38 Å². The molecule has 2 saturated heterocycles. The van der Waals surface area contributed by atoms with Crippen molar-refractivity contribution >= 4 is 22.4 Å². The second-order valence-corrected chi connectivity index (χ2v) is 11.4. The van der Waals surface area contributed by atoms with Crippen LogP contribution < -0.4 is 5.32 Å². The Kier molecular flexibility index (Phi) is 6.91. The lowest BCUT2D eigenvalue weighted by atomic mass is 9.94. The highest BCUT2D eigenvalue weighted by Crippen LogP contribution is 2.27. The lowest BCUT2D eigenvalue weighted by molar-refractivity contribution is -0.141. The molecule has 0 aliphatic carbocycles. The highest BCUT2D eigenvalue weighted by Gasteiger charge is 2.33. The average molecular weight is 422 g/mol. The van der Waals surface area contributed by atoms with Crippen LogP contribution in [0, 0.1) is 5.41 Å². The van der Waals surface area contributed by atoms with Crippen LogP contribution in [0.25, 0.3) is 0 Å². The van der Waals surface area contributed by atoms with Crippen molar-refractivity contribution in [1.82, 2.24) is 19.7 Å². The number of aromatic nitrogens is 1. The Morgan fingerprint density at radius 1 is 1.14 bits per heavy atom. The van der Waals surface area contributed by atoms with Gasteiger partial charge in [-0.3, -0.25) is 14.6 Å². The number of amides is 1. The maximum atomic E-state index is 12.4. The summed E-state index contributed by atoms with van der Waals surface area (Å²) in [6, 6.07) is 0.593. The Labute approximate surface area is 180 Å². The molecule has 1 aromatic heterocycles. The summed E-state index contributed by atoms with van der Waals surface area (Å²) < 4.78 is 0. The molecule has 1 aromatic rings. The van der Waals surface area contributed by atoms with Gasteiger partial charge in [0.15, 0.2) is 5.13 Å². The van der Waals surface area contributed by atoms with Crippen molar-refractivity contribution in [3.8, 4) is 0 Å². The molecule has 2 aliphatic heterocycles. The van der Waals surface area contributed by atoms with Crippen molar-refractivity contribution in [2.24, 2.45) is 5.41 Å². The first-order chi connectivity index (χ1) is 13.5. The molecule has 0 radical (unpaired) electrons. The zero-order valence-corrected chi connectivity index (χ0v) is 19.9. The van der Waals surface area contributed by atoms with Gasteiger partial charge in [-0.25, -0.2) is 4.98 Å². The number of piperazine rings is 1. The van der Waals surface area contributed by atoms with Crippen molar-refractivity contribution in [3.63, 3.8) is 0 Å². The van der Waals surface area contributed by atoms with Gasteiger partial charge < -0.3 is 10.2 Å². The van der Waals surface area contributed by atoms with Gasteiger partial charge in [-0.2, -0.15) is 0 Å². The molecule has 0 bridgehead atoms. The van der Waals surface area contributed by atoms with Crippen molar-refractivity contribution < 1.29 is 4.79 Å². The van der Waals surface area contributed by atoms with Gasteiger partial charge in [0.1, 0.15) is 0 Å². The molecule has 0 saturated carbocycles. The first-order valence-corrected chi connectivity index (χ1v) is 11.9. The third-order valence-electron chi connectivity index (χ3n) is 5.97. The van der Waals surface area contributed by atoms with Crippen LogP contribution in [0.1, 0.15) is 60.1 Å². The van der Waals surface area contributed by atoms with Crippen LogP contribution >= 0.6 is 11.3 Å². The molecular formula is C22H39N5OS. The Morgan fingerprint density at radius 3 is 2.45 bits per heavy atom. The van der Waals surface area contributed by atoms with Gasteiger partial charge in [0, 0.05) is 61.6 Å². The van der Waals surface area contributed by atoms with Crippen LogP contribution in [-0.4, -0.2) is 76.4 Å². The van der Waals surface area contributed by atoms with Crippen LogP contribution in [0.5, 0.6) is 0 Å². The van der Waals surface area contributed by atoms with Gasteiger partial charge >= 0.3 is 0 Å². The van der Waals surface area contributed by atoms with E-state index in [9.17, 15) is 4.79 Å². The maximum Gasteiger partial charge on any atom is 0.228 e. The van der Waals surface area contributed by atoms with Gasteiger partial charge in [0.05, 0.1) is 5.69 Å². The minimum Gasteiger partial charge on any atom is -0.360 e. The summed E-state index contributed by atoms with van der Waals surface area (Å²) in [5, 5.41) is 6.78. The largest absolute Gasteiger partial charge is 0.360 e. The molecule has 0 unspecified atom stereocenters. The minimum atomic E-state index is -0.292. The molecule has 1 amide bonds. The fourth-order valence-electron chi connectivity index (χ4n) is 4.41. The van der Waals surface area contributed by atoms with E-state index in [0.29, 0.717) is 6.04 Å². The van der Waals surface area contributed by atoms with Gasteiger partial charge in [0.25, 0.3) is 0 Å². The van der Waals surface area contributed by atoms with E-state index in [-0.39, 0.29) is 16.9 Å². The number of carbonyl (C=O) groups excluding carboxylic acids is 1. The molecule has 29 heavy (non-hydrogen) atoms. The summed E-state index contributed by atoms with van der Waals surface area (Å²) in [6.07, 6.45) is 2.55. The van der Waals surface area contributed by atoms with Crippen LogP contribution in [0.2, 0.25) is 0 Å². The standard InChI is InChI=1S/C22H39N5OS/c1-21(2,3)19(28)26-12-10-25(11-13-26)15-17-16-29-20(24-17)23-14-18-8-7-9-27(18)22(4,5)6/h16,18H,7-15H2,1-6H3,(H,23,24)/t18-/m0/s1. The molecule has 1 atom stereocenters. The molecule has 7 heteroatoms. The SMILES string of the molecule is CC(C)(C)C(=O)N1CCN(Cc2csc(NC[C@@H]3CCCN3C(C)(C)C)n2)CC1. The van der Waals surface area contributed by atoms with E-state index in [2.05, 4.69) is 41.3 Å². The van der Waals surface area contributed by atoms with Crippen molar-refractivity contribution in [3.05, 3.63) is 11.1 Å². The highest BCUT2D eigenvalue weighted by molar-refractivity contribution is 7.13. The molecule has 164 valence electrons. The normalized spacial score (nSPS) is 22.3. The molecular weight excluding hydrogens is 382 g/mol. The third-order valence-corrected chi connectivity index (χ3v) is 6.81. The number of thiazole rings is 1. The van der Waals surface area contributed by atoms with E-state index in [1.54, 1.807) is 11.3 Å². The van der Waals surface area contributed by atoms with E-state index in [1.165, 1.54) is 19.4 Å². The summed E-state index contributed by atoms with van der Waals surface area (Å²) in [5.74, 6) is 0.258. The lowest BCUT2D eigenvalue weighted by Crippen LogP contribution is -2.51. The number of nitrogens with one attached hydrogen (secondary N) is 1. The van der Waals surface area contributed by atoms with E-state index < -0.39 is 0 Å². The predicted molar refractivity (Wildman–Crippen MR) is 121 cm³/mol. The summed E-state index contributed by atoms with van der Waals surface area (Å²) in [6.45, 7) is 19.4. The van der Waals surface area contributed by atoms with E-state index >= 15 is 0 Å². The Balaban J connectivity index is 1.45. The first-order valence-electron chi connectivity index (χ1n) is 11.0. The summed E-state index contributed by atoms with van der Waals surface area (Å²) in [4.78, 5) is 24.3. The first kappa shape index (κ1) is 22.5. The molecule has 3 rings (SSSR count). The molecule has 2 fully saturated rings. The molecule has 1 N–H and O–H groups in total. The van der Waals surface area contributed by atoms with Crippen molar-refractivity contribution in [2.45, 2.75) is 72.5 Å². The van der Waals surface area contributed by atoms with Gasteiger partial charge in [-0.15, -0.1) is 11.3 Å². The molecule has 0 aromatic carbocycles. The van der Waals surface area contributed by atoms with Crippen LogP contribution in [0.3, 0.4) is 0 Å². The summed E-state index contributed by atoms with van der Waals surface area (Å²) in [7, 11) is 0. The number of hydrogen-bond acceptors (Lipinski definition) is 6. The van der Waals surface area contributed by atoms with Gasteiger partial charge in [0.2, 0.25) is 5.91 Å². The highest BCUT2D eigenvalue weighted by atomic mass is 32.1. The fraction of sp³-hybridized carbons (Fsp3) is 0.818. The zero-order valence-electron chi connectivity index (χ0n) is 19.1. The minimum absolute atomic E-state index is 0.230. The number of nitrogens with zero attached hydrogens (tertiary/aromatic N) is 4. The summed E-state index contributed by atoms with van der Waals surface area (Å²) >= 11 is 1.71. The Hall–Kier alpha value is -1.18. The van der Waals surface area contributed by atoms with Gasteiger partial charge in [-0.1, -0.05) is 20.8 Å². The molecule has 6 nitrogen and oxygen atoms in total. The Morgan fingerprint density at radius 2 is 1.83 bits per heavy atom.